The fourth-order valence-electron chi connectivity index (χ4n) is 1.23. The van der Waals surface area contributed by atoms with E-state index in [1.165, 1.54) is 0 Å². The molecule has 0 aromatic heterocycles. The molecule has 0 atom stereocenters. The van der Waals surface area contributed by atoms with Crippen molar-refractivity contribution in [2.24, 2.45) is 0 Å². The number of aliphatic hydroxyl groups is 2. The molecule has 1 rings (SSSR count). The van der Waals surface area contributed by atoms with Crippen LogP contribution in [0.5, 0.6) is 0 Å². The zero-order valence-corrected chi connectivity index (χ0v) is 7.94. The van der Waals surface area contributed by atoms with E-state index in [4.69, 9.17) is 15.7 Å². The minimum Gasteiger partial charge on any atom is -0.380 e. The molecule has 0 radical (unpaired) electrons. The van der Waals surface area contributed by atoms with E-state index in [0.717, 1.165) is 11.3 Å². The Morgan fingerprint density at radius 3 is 2.79 bits per heavy atom. The Labute approximate surface area is 82.0 Å². The van der Waals surface area contributed by atoms with Gasteiger partial charge in [-0.2, -0.15) is 4.79 Å². The monoisotopic (exact) mass is 195 g/mol. The van der Waals surface area contributed by atoms with E-state index in [1.807, 2.05) is 6.92 Å². The van der Waals surface area contributed by atoms with Crippen molar-refractivity contribution >= 4 is 5.71 Å². The summed E-state index contributed by atoms with van der Waals surface area (Å²) in [6.07, 6.45) is 2.63. The molecule has 0 unspecified atom stereocenters. The molecule has 5 nitrogen and oxygen atoms in total. The molecule has 76 valence electrons. The van der Waals surface area contributed by atoms with Gasteiger partial charge >= 0.3 is 0 Å². The Hall–Kier alpha value is -1.42. The molecule has 5 heteroatoms. The van der Waals surface area contributed by atoms with Crippen molar-refractivity contribution < 1.29 is 15.0 Å². The second-order valence-corrected chi connectivity index (χ2v) is 3.16. The summed E-state index contributed by atoms with van der Waals surface area (Å²) in [5.74, 6) is 0. The van der Waals surface area contributed by atoms with Crippen LogP contribution in [0.4, 0.5) is 0 Å². The van der Waals surface area contributed by atoms with Crippen molar-refractivity contribution in [2.45, 2.75) is 19.6 Å². The maximum atomic E-state index is 8.65. The summed E-state index contributed by atoms with van der Waals surface area (Å²) in [5.41, 5.74) is 11.0. The number of rotatable bonds is 3. The van der Waals surface area contributed by atoms with Crippen molar-refractivity contribution in [3.05, 3.63) is 29.0 Å². The summed E-state index contributed by atoms with van der Waals surface area (Å²) >= 11 is 0. The standard InChI is InChI=1S/C9H13N3O2/c1-6-4-7(12-10)2-3-8(6)11-5-9(13)14/h2-3,9,11,13-14H,4-5H2,1H3. The number of nitrogens with zero attached hydrogens (tertiary/aromatic N) is 2. The second kappa shape index (κ2) is 4.72. The average Bonchev–Trinajstić information content (AvgIpc) is 2.15. The highest BCUT2D eigenvalue weighted by molar-refractivity contribution is 5.93. The molecule has 1 aliphatic rings. The summed E-state index contributed by atoms with van der Waals surface area (Å²) < 4.78 is 0. The predicted octanol–water partition coefficient (Wildman–Crippen LogP) is -0.209. The Morgan fingerprint density at radius 2 is 2.29 bits per heavy atom. The number of hydrogen-bond donors (Lipinski definition) is 3. The lowest BCUT2D eigenvalue weighted by atomic mass is 10.0. The highest BCUT2D eigenvalue weighted by atomic mass is 16.5. The van der Waals surface area contributed by atoms with E-state index < -0.39 is 6.29 Å². The molecular formula is C9H13N3O2. The molecule has 1 aliphatic carbocycles. The van der Waals surface area contributed by atoms with Gasteiger partial charge < -0.3 is 21.1 Å². The first-order valence-electron chi connectivity index (χ1n) is 4.32. The van der Waals surface area contributed by atoms with Crippen LogP contribution < -0.4 is 5.32 Å². The molecule has 0 saturated heterocycles. The quantitative estimate of drug-likeness (QED) is 0.331. The van der Waals surface area contributed by atoms with Crippen LogP contribution in [0, 0.1) is 0 Å². The maximum Gasteiger partial charge on any atom is 0.296 e. The van der Waals surface area contributed by atoms with Crippen LogP contribution in [0.25, 0.3) is 5.53 Å². The van der Waals surface area contributed by atoms with Gasteiger partial charge in [-0.1, -0.05) is 0 Å². The molecule has 0 amide bonds. The molecule has 3 N–H and O–H groups in total. The van der Waals surface area contributed by atoms with Crippen molar-refractivity contribution in [1.82, 2.24) is 5.32 Å². The second-order valence-electron chi connectivity index (χ2n) is 3.16. The molecule has 0 saturated carbocycles. The minimum atomic E-state index is -1.36. The highest BCUT2D eigenvalue weighted by Gasteiger charge is 2.13. The van der Waals surface area contributed by atoms with Crippen molar-refractivity contribution in [2.75, 3.05) is 6.54 Å². The van der Waals surface area contributed by atoms with Crippen molar-refractivity contribution in [3.63, 3.8) is 0 Å². The van der Waals surface area contributed by atoms with E-state index >= 15 is 0 Å². The molecule has 0 bridgehead atoms. The zero-order valence-electron chi connectivity index (χ0n) is 7.94. The van der Waals surface area contributed by atoms with Gasteiger partial charge in [0.2, 0.25) is 0 Å². The molecule has 14 heavy (non-hydrogen) atoms. The van der Waals surface area contributed by atoms with Gasteiger partial charge in [0.15, 0.2) is 6.29 Å². The van der Waals surface area contributed by atoms with E-state index in [9.17, 15) is 0 Å². The van der Waals surface area contributed by atoms with E-state index in [0.29, 0.717) is 12.1 Å². The van der Waals surface area contributed by atoms with E-state index in [1.54, 1.807) is 12.2 Å². The summed E-state index contributed by atoms with van der Waals surface area (Å²) in [5, 5.41) is 20.2. The van der Waals surface area contributed by atoms with E-state index in [2.05, 4.69) is 10.1 Å². The predicted molar refractivity (Wildman–Crippen MR) is 51.3 cm³/mol. The van der Waals surface area contributed by atoms with Gasteiger partial charge in [0.1, 0.15) is 0 Å². The molecule has 0 aliphatic heterocycles. The van der Waals surface area contributed by atoms with Gasteiger partial charge in [0.05, 0.1) is 13.0 Å². The SMILES string of the molecule is CC1=C(NCC(O)O)C=CC(=[N+]=[N-])C1. The van der Waals surface area contributed by atoms with Gasteiger partial charge in [-0.05, 0) is 18.6 Å². The normalized spacial score (nSPS) is 16.1. The zero-order chi connectivity index (χ0) is 10.6. The molecular weight excluding hydrogens is 182 g/mol. The summed E-state index contributed by atoms with van der Waals surface area (Å²) in [7, 11) is 0. The summed E-state index contributed by atoms with van der Waals surface area (Å²) in [6.45, 7) is 1.98. The van der Waals surface area contributed by atoms with Gasteiger partial charge in [0, 0.05) is 11.8 Å². The van der Waals surface area contributed by atoms with Gasteiger partial charge in [0.25, 0.3) is 5.71 Å². The highest BCUT2D eigenvalue weighted by Crippen LogP contribution is 2.13. The lowest BCUT2D eigenvalue weighted by Gasteiger charge is -2.13. The number of hydrogen-bond acceptors (Lipinski definition) is 3. The summed E-state index contributed by atoms with van der Waals surface area (Å²) in [4.78, 5) is 3.10. The lowest BCUT2D eigenvalue weighted by molar-refractivity contribution is -0.0354. The number of aliphatic hydroxyl groups excluding tert-OH is 1. The largest absolute Gasteiger partial charge is 0.380 e. The maximum absolute atomic E-state index is 8.65. The van der Waals surface area contributed by atoms with Crippen LogP contribution in [0.3, 0.4) is 0 Å². The topological polar surface area (TPSA) is 88.9 Å². The molecule has 0 aromatic carbocycles. The average molecular weight is 195 g/mol. The van der Waals surface area contributed by atoms with Gasteiger partial charge in [-0.15, -0.1) is 0 Å². The van der Waals surface area contributed by atoms with Gasteiger partial charge in [-0.3, -0.25) is 0 Å². The van der Waals surface area contributed by atoms with Crippen LogP contribution in [-0.4, -0.2) is 33.5 Å². The van der Waals surface area contributed by atoms with Crippen molar-refractivity contribution in [1.29, 1.82) is 0 Å². The smallest absolute Gasteiger partial charge is 0.296 e. The molecule has 0 heterocycles. The fourth-order valence-corrected chi connectivity index (χ4v) is 1.23. The van der Waals surface area contributed by atoms with Crippen LogP contribution in [-0.2, 0) is 0 Å². The lowest BCUT2D eigenvalue weighted by Crippen LogP contribution is -2.27. The van der Waals surface area contributed by atoms with Crippen LogP contribution in [0.15, 0.2) is 23.4 Å². The molecule has 0 aromatic rings. The summed E-state index contributed by atoms with van der Waals surface area (Å²) in [6, 6.07) is 0. The number of allylic oxidation sites excluding steroid dienone is 3. The first kappa shape index (κ1) is 10.7. The third-order valence-corrected chi connectivity index (χ3v) is 1.95. The Balaban J connectivity index is 2.63. The first-order chi connectivity index (χ1) is 6.63. The Bertz CT molecular complexity index is 325. The Morgan fingerprint density at radius 1 is 1.57 bits per heavy atom. The molecule has 0 spiro atoms. The van der Waals surface area contributed by atoms with Crippen LogP contribution in [0.2, 0.25) is 0 Å². The van der Waals surface area contributed by atoms with Crippen LogP contribution in [0.1, 0.15) is 13.3 Å². The van der Waals surface area contributed by atoms with E-state index in [-0.39, 0.29) is 6.54 Å². The molecule has 0 fully saturated rings. The first-order valence-corrected chi connectivity index (χ1v) is 4.32. The van der Waals surface area contributed by atoms with Crippen LogP contribution >= 0.6 is 0 Å². The van der Waals surface area contributed by atoms with Gasteiger partial charge in [-0.25, -0.2) is 0 Å². The third kappa shape index (κ3) is 2.81. The minimum absolute atomic E-state index is 0.0859. The third-order valence-electron chi connectivity index (χ3n) is 1.95. The fraction of sp³-hybridized carbons (Fsp3) is 0.444. The van der Waals surface area contributed by atoms with Crippen molar-refractivity contribution in [3.8, 4) is 0 Å². The number of nitrogens with one attached hydrogen (secondary N) is 1. The Kier molecular flexibility index (Phi) is 3.59.